The predicted molar refractivity (Wildman–Crippen MR) is 51.3 cm³/mol. The van der Waals surface area contributed by atoms with Gasteiger partial charge in [-0.15, -0.1) is 4.91 Å². The Hall–Kier alpha value is -1.42. The zero-order valence-corrected chi connectivity index (χ0v) is 7.64. The van der Waals surface area contributed by atoms with Crippen molar-refractivity contribution in [3.05, 3.63) is 34.7 Å². The fraction of sp³-hybridized carbons (Fsp3) is 0.333. The topological polar surface area (TPSA) is 52.9 Å². The number of rotatable bonds is 3. The second kappa shape index (κ2) is 4.00. The third kappa shape index (κ3) is 2.03. The minimum atomic E-state index is -0.597. The van der Waals surface area contributed by atoms with Gasteiger partial charge in [-0.25, -0.2) is 5.01 Å². The van der Waals surface area contributed by atoms with E-state index in [1.54, 1.807) is 32.2 Å². The summed E-state index contributed by atoms with van der Waals surface area (Å²) >= 11 is 0. The molecule has 0 aromatic heterocycles. The number of benzene rings is 1. The zero-order chi connectivity index (χ0) is 9.84. The highest BCUT2D eigenvalue weighted by atomic mass is 16.3. The van der Waals surface area contributed by atoms with E-state index in [9.17, 15) is 10.0 Å². The van der Waals surface area contributed by atoms with Crippen molar-refractivity contribution in [1.82, 2.24) is 0 Å². The van der Waals surface area contributed by atoms with Crippen LogP contribution in [-0.4, -0.2) is 12.2 Å². The summed E-state index contributed by atoms with van der Waals surface area (Å²) in [5.41, 5.74) is 1.33. The van der Waals surface area contributed by atoms with Gasteiger partial charge in [0.05, 0.1) is 17.1 Å². The highest BCUT2D eigenvalue weighted by Crippen LogP contribution is 2.24. The first-order valence-corrected chi connectivity index (χ1v) is 4.00. The van der Waals surface area contributed by atoms with E-state index in [4.69, 9.17) is 0 Å². The molecule has 1 N–H and O–H groups in total. The summed E-state index contributed by atoms with van der Waals surface area (Å²) in [6, 6.07) is 7.11. The Balaban J connectivity index is 3.11. The first kappa shape index (κ1) is 9.67. The monoisotopic (exact) mass is 180 g/mol. The summed E-state index contributed by atoms with van der Waals surface area (Å²) in [5, 5.41) is 13.3. The summed E-state index contributed by atoms with van der Waals surface area (Å²) < 4.78 is 0. The van der Waals surface area contributed by atoms with E-state index in [-0.39, 0.29) is 0 Å². The number of hydrogen-bond acceptors (Lipinski definition) is 3. The first-order chi connectivity index (χ1) is 6.16. The van der Waals surface area contributed by atoms with Gasteiger partial charge in [0.15, 0.2) is 0 Å². The number of nitrogens with zero attached hydrogens (tertiary/aromatic N) is 2. The van der Waals surface area contributed by atoms with Gasteiger partial charge in [0.1, 0.15) is 0 Å². The third-order valence-corrected chi connectivity index (χ3v) is 1.86. The Morgan fingerprint density at radius 3 is 2.62 bits per heavy atom. The molecule has 13 heavy (non-hydrogen) atoms. The van der Waals surface area contributed by atoms with Gasteiger partial charge < -0.3 is 5.11 Å². The molecule has 0 saturated heterocycles. The lowest BCUT2D eigenvalue weighted by molar-refractivity contribution is 0.199. The second-order valence-electron chi connectivity index (χ2n) is 2.84. The molecule has 1 aromatic carbocycles. The van der Waals surface area contributed by atoms with Crippen LogP contribution >= 0.6 is 0 Å². The maximum atomic E-state index is 10.3. The summed E-state index contributed by atoms with van der Waals surface area (Å²) in [5.74, 6) is 0. The molecule has 0 aliphatic heterocycles. The maximum Gasteiger partial charge on any atom is 0.0782 e. The summed E-state index contributed by atoms with van der Waals surface area (Å²) in [6.45, 7) is 1.65. The highest BCUT2D eigenvalue weighted by Gasteiger charge is 2.10. The third-order valence-electron chi connectivity index (χ3n) is 1.86. The van der Waals surface area contributed by atoms with Gasteiger partial charge in [-0.3, -0.25) is 0 Å². The van der Waals surface area contributed by atoms with Crippen LogP contribution in [0.1, 0.15) is 18.6 Å². The molecule has 1 unspecified atom stereocenters. The fourth-order valence-electron chi connectivity index (χ4n) is 1.18. The number of nitroso groups, excluding NO2 is 1. The quantitative estimate of drug-likeness (QED) is 0.570. The van der Waals surface area contributed by atoms with Gasteiger partial charge >= 0.3 is 0 Å². The molecule has 0 bridgehead atoms. The van der Waals surface area contributed by atoms with Crippen molar-refractivity contribution < 1.29 is 5.11 Å². The average Bonchev–Trinajstić information content (AvgIpc) is 2.16. The molecule has 1 aromatic rings. The summed E-state index contributed by atoms with van der Waals surface area (Å²) in [7, 11) is 1.55. The Morgan fingerprint density at radius 2 is 2.08 bits per heavy atom. The Kier molecular flexibility index (Phi) is 2.97. The van der Waals surface area contributed by atoms with Crippen LogP contribution in [-0.2, 0) is 0 Å². The van der Waals surface area contributed by atoms with E-state index in [0.717, 1.165) is 0 Å². The summed E-state index contributed by atoms with van der Waals surface area (Å²) in [6.07, 6.45) is -0.597. The molecule has 0 radical (unpaired) electrons. The van der Waals surface area contributed by atoms with E-state index in [1.165, 1.54) is 5.01 Å². The van der Waals surface area contributed by atoms with Gasteiger partial charge in [0.2, 0.25) is 0 Å². The van der Waals surface area contributed by atoms with Crippen molar-refractivity contribution in [2.45, 2.75) is 13.0 Å². The number of para-hydroxylation sites is 1. The van der Waals surface area contributed by atoms with Gasteiger partial charge in [-0.2, -0.15) is 0 Å². The Morgan fingerprint density at radius 1 is 1.46 bits per heavy atom. The van der Waals surface area contributed by atoms with Crippen LogP contribution < -0.4 is 5.01 Å². The smallest absolute Gasteiger partial charge is 0.0782 e. The molecule has 0 saturated carbocycles. The largest absolute Gasteiger partial charge is 0.389 e. The van der Waals surface area contributed by atoms with Crippen molar-refractivity contribution in [3.8, 4) is 0 Å². The molecule has 0 aliphatic rings. The normalized spacial score (nSPS) is 12.2. The van der Waals surface area contributed by atoms with E-state index in [1.807, 2.05) is 6.07 Å². The number of hydrogen-bond donors (Lipinski definition) is 1. The molecule has 0 amide bonds. The van der Waals surface area contributed by atoms with E-state index >= 15 is 0 Å². The SMILES string of the molecule is CC(O)c1ccccc1N(C)N=O. The van der Waals surface area contributed by atoms with Crippen molar-refractivity contribution in [2.75, 3.05) is 12.1 Å². The van der Waals surface area contributed by atoms with E-state index < -0.39 is 6.10 Å². The predicted octanol–water partition coefficient (Wildman–Crippen LogP) is 1.86. The molecule has 0 aliphatic carbocycles. The molecule has 1 rings (SSSR count). The molecule has 1 atom stereocenters. The van der Waals surface area contributed by atoms with Crippen molar-refractivity contribution in [1.29, 1.82) is 0 Å². The van der Waals surface area contributed by atoms with Crippen molar-refractivity contribution in [2.24, 2.45) is 5.29 Å². The average molecular weight is 180 g/mol. The van der Waals surface area contributed by atoms with Gasteiger partial charge in [-0.1, -0.05) is 18.2 Å². The molecule has 0 fully saturated rings. The van der Waals surface area contributed by atoms with Crippen LogP contribution in [0.15, 0.2) is 29.6 Å². The number of anilines is 1. The summed E-state index contributed by atoms with van der Waals surface area (Å²) in [4.78, 5) is 10.3. The minimum absolute atomic E-state index is 0.597. The fourth-order valence-corrected chi connectivity index (χ4v) is 1.18. The molecule has 4 nitrogen and oxygen atoms in total. The molecule has 0 spiro atoms. The Bertz CT molecular complexity index is 299. The molecular weight excluding hydrogens is 168 g/mol. The lowest BCUT2D eigenvalue weighted by atomic mass is 10.1. The van der Waals surface area contributed by atoms with Gasteiger partial charge in [0.25, 0.3) is 0 Å². The van der Waals surface area contributed by atoms with E-state index in [2.05, 4.69) is 5.29 Å². The minimum Gasteiger partial charge on any atom is -0.389 e. The van der Waals surface area contributed by atoms with Crippen molar-refractivity contribution >= 4 is 5.69 Å². The zero-order valence-electron chi connectivity index (χ0n) is 7.64. The van der Waals surface area contributed by atoms with Gasteiger partial charge in [-0.05, 0) is 13.0 Å². The van der Waals surface area contributed by atoms with Crippen LogP contribution in [0.5, 0.6) is 0 Å². The molecule has 4 heteroatoms. The van der Waals surface area contributed by atoms with Crippen LogP contribution in [0, 0.1) is 4.91 Å². The number of aliphatic hydroxyl groups is 1. The number of aliphatic hydroxyl groups excluding tert-OH is 1. The van der Waals surface area contributed by atoms with Gasteiger partial charge in [0, 0.05) is 12.6 Å². The second-order valence-corrected chi connectivity index (χ2v) is 2.84. The van der Waals surface area contributed by atoms with E-state index in [0.29, 0.717) is 11.3 Å². The molecule has 0 heterocycles. The lowest BCUT2D eigenvalue weighted by Gasteiger charge is -2.15. The molecular formula is C9H12N2O2. The van der Waals surface area contributed by atoms with Crippen LogP contribution in [0.3, 0.4) is 0 Å². The van der Waals surface area contributed by atoms with Crippen molar-refractivity contribution in [3.63, 3.8) is 0 Å². The first-order valence-electron chi connectivity index (χ1n) is 4.00. The maximum absolute atomic E-state index is 10.3. The standard InChI is InChI=1S/C9H12N2O2/c1-7(12)8-5-3-4-6-9(8)11(2)10-13/h3-7,12H,1-2H3. The van der Waals surface area contributed by atoms with Crippen LogP contribution in [0.25, 0.3) is 0 Å². The van der Waals surface area contributed by atoms with Crippen LogP contribution in [0.4, 0.5) is 5.69 Å². The van der Waals surface area contributed by atoms with Crippen LogP contribution in [0.2, 0.25) is 0 Å². The lowest BCUT2D eigenvalue weighted by Crippen LogP contribution is -2.10. The Labute approximate surface area is 76.7 Å². The molecule has 70 valence electrons. The highest BCUT2D eigenvalue weighted by molar-refractivity contribution is 5.53.